The molecule has 2 nitrogen and oxygen atoms in total. The molecule has 17 heavy (non-hydrogen) atoms. The molecule has 1 aliphatic rings. The van der Waals surface area contributed by atoms with Gasteiger partial charge in [0.15, 0.2) is 0 Å². The van der Waals surface area contributed by atoms with Gasteiger partial charge in [-0.25, -0.2) is 0 Å². The van der Waals surface area contributed by atoms with Crippen LogP contribution in [0.15, 0.2) is 0 Å². The lowest BCUT2D eigenvalue weighted by Crippen LogP contribution is -2.32. The maximum atomic E-state index is 12.2. The summed E-state index contributed by atoms with van der Waals surface area (Å²) in [6.07, 6.45) is 7.53. The molecule has 0 amide bonds. The Balaban J connectivity index is 2.20. The minimum atomic E-state index is -0.621. The van der Waals surface area contributed by atoms with Crippen molar-refractivity contribution < 1.29 is 4.21 Å². The summed E-state index contributed by atoms with van der Waals surface area (Å²) in [6.45, 7) is 7.61. The van der Waals surface area contributed by atoms with Gasteiger partial charge in [0.1, 0.15) is 0 Å². The average Bonchev–Trinajstić information content (AvgIpc) is 2.78. The van der Waals surface area contributed by atoms with E-state index in [9.17, 15) is 4.21 Å². The van der Waals surface area contributed by atoms with Crippen LogP contribution < -0.4 is 5.32 Å². The van der Waals surface area contributed by atoms with E-state index in [2.05, 4.69) is 26.1 Å². The number of nitrogens with one attached hydrogen (secondary N) is 1. The minimum Gasteiger partial charge on any atom is -0.314 e. The van der Waals surface area contributed by atoms with E-state index in [1.54, 1.807) is 0 Å². The Hall–Kier alpha value is 0.110. The fourth-order valence-electron chi connectivity index (χ4n) is 2.65. The van der Waals surface area contributed by atoms with E-state index >= 15 is 0 Å². The second-order valence-electron chi connectivity index (χ2n) is 5.60. The monoisotopic (exact) mass is 259 g/mol. The molecule has 3 heteroatoms. The highest BCUT2D eigenvalue weighted by atomic mass is 32.2. The van der Waals surface area contributed by atoms with Gasteiger partial charge in [-0.1, -0.05) is 26.7 Å². The van der Waals surface area contributed by atoms with Gasteiger partial charge in [-0.3, -0.25) is 4.21 Å². The molecule has 0 saturated heterocycles. The molecule has 0 radical (unpaired) electrons. The number of rotatable bonds is 8. The van der Waals surface area contributed by atoms with Crippen molar-refractivity contribution in [1.82, 2.24) is 5.32 Å². The molecule has 3 atom stereocenters. The topological polar surface area (TPSA) is 29.1 Å². The highest BCUT2D eigenvalue weighted by Gasteiger charge is 2.21. The van der Waals surface area contributed by atoms with Crippen LogP contribution >= 0.6 is 0 Å². The molecule has 0 aromatic heterocycles. The van der Waals surface area contributed by atoms with E-state index in [-0.39, 0.29) is 0 Å². The second-order valence-corrected chi connectivity index (χ2v) is 7.50. The van der Waals surface area contributed by atoms with Crippen LogP contribution in [0.4, 0.5) is 0 Å². The van der Waals surface area contributed by atoms with Crippen molar-refractivity contribution in [2.75, 3.05) is 12.3 Å². The van der Waals surface area contributed by atoms with Gasteiger partial charge in [0, 0.05) is 27.8 Å². The van der Waals surface area contributed by atoms with Crippen LogP contribution in [0.25, 0.3) is 0 Å². The zero-order chi connectivity index (χ0) is 12.7. The van der Waals surface area contributed by atoms with E-state index in [0.29, 0.717) is 11.3 Å². The first-order valence-corrected chi connectivity index (χ1v) is 8.62. The highest BCUT2D eigenvalue weighted by molar-refractivity contribution is 7.85. The second kappa shape index (κ2) is 8.25. The van der Waals surface area contributed by atoms with Crippen LogP contribution in [0.2, 0.25) is 0 Å². The van der Waals surface area contributed by atoms with Crippen LogP contribution in [0.5, 0.6) is 0 Å². The van der Waals surface area contributed by atoms with Gasteiger partial charge >= 0.3 is 0 Å². The maximum Gasteiger partial charge on any atom is 0.0334 e. The summed E-state index contributed by atoms with van der Waals surface area (Å²) in [5.41, 5.74) is 0. The van der Waals surface area contributed by atoms with E-state index < -0.39 is 10.8 Å². The third kappa shape index (κ3) is 6.01. The largest absolute Gasteiger partial charge is 0.314 e. The first-order chi connectivity index (χ1) is 8.13. The van der Waals surface area contributed by atoms with Crippen LogP contribution in [0.1, 0.15) is 59.3 Å². The van der Waals surface area contributed by atoms with Crippen molar-refractivity contribution in [2.45, 2.75) is 70.6 Å². The molecule has 0 aromatic rings. The Kier molecular flexibility index (Phi) is 7.36. The zero-order valence-electron chi connectivity index (χ0n) is 11.7. The maximum absolute atomic E-state index is 12.2. The van der Waals surface area contributed by atoms with Crippen LogP contribution in [0, 0.1) is 5.92 Å². The normalized spacial score (nSPS) is 22.5. The van der Waals surface area contributed by atoms with Gasteiger partial charge in [-0.2, -0.15) is 0 Å². The molecule has 0 aliphatic heterocycles. The van der Waals surface area contributed by atoms with Crippen molar-refractivity contribution in [3.63, 3.8) is 0 Å². The van der Waals surface area contributed by atoms with Gasteiger partial charge in [-0.15, -0.1) is 0 Å². The Bertz CT molecular complexity index is 226. The van der Waals surface area contributed by atoms with Crippen molar-refractivity contribution in [3.8, 4) is 0 Å². The van der Waals surface area contributed by atoms with Crippen LogP contribution in [0.3, 0.4) is 0 Å². The lowest BCUT2D eigenvalue weighted by atomic mass is 10.1. The molecule has 0 spiro atoms. The third-order valence-electron chi connectivity index (χ3n) is 3.75. The fourth-order valence-corrected chi connectivity index (χ4v) is 4.28. The average molecular weight is 259 g/mol. The first kappa shape index (κ1) is 15.2. The molecule has 1 aliphatic carbocycles. The number of hydrogen-bond donors (Lipinski definition) is 1. The summed E-state index contributed by atoms with van der Waals surface area (Å²) < 4.78 is 12.2. The summed E-state index contributed by atoms with van der Waals surface area (Å²) >= 11 is 0. The molecule has 1 saturated carbocycles. The van der Waals surface area contributed by atoms with E-state index in [0.717, 1.165) is 24.6 Å². The van der Waals surface area contributed by atoms with Gasteiger partial charge in [-0.05, 0) is 45.1 Å². The van der Waals surface area contributed by atoms with Crippen molar-refractivity contribution in [3.05, 3.63) is 0 Å². The standard InChI is InChI=1S/C14H29NOS/c1-4-9-15-12(2)10-13(3)17(16)11-14-7-5-6-8-14/h12-15H,4-11H2,1-3H3. The Morgan fingerprint density at radius 2 is 1.94 bits per heavy atom. The molecule has 3 unspecified atom stereocenters. The van der Waals surface area contributed by atoms with Gasteiger partial charge < -0.3 is 5.32 Å². The molecular formula is C14H29NOS. The summed E-state index contributed by atoms with van der Waals surface area (Å²) in [6, 6.07) is 0.498. The Morgan fingerprint density at radius 3 is 2.53 bits per heavy atom. The summed E-state index contributed by atoms with van der Waals surface area (Å²) in [5.74, 6) is 1.69. The smallest absolute Gasteiger partial charge is 0.0334 e. The quantitative estimate of drug-likeness (QED) is 0.726. The first-order valence-electron chi connectivity index (χ1n) is 7.24. The summed E-state index contributed by atoms with van der Waals surface area (Å²) in [5, 5.41) is 3.82. The van der Waals surface area contributed by atoms with Gasteiger partial charge in [0.25, 0.3) is 0 Å². The lowest BCUT2D eigenvalue weighted by molar-refractivity contribution is 0.506. The minimum absolute atomic E-state index is 0.343. The third-order valence-corrected chi connectivity index (χ3v) is 5.64. The van der Waals surface area contributed by atoms with Gasteiger partial charge in [0.05, 0.1) is 0 Å². The molecule has 0 aromatic carbocycles. The van der Waals surface area contributed by atoms with Gasteiger partial charge in [0.2, 0.25) is 0 Å². The van der Waals surface area contributed by atoms with Crippen LogP contribution in [-0.4, -0.2) is 27.8 Å². The SMILES string of the molecule is CCCNC(C)CC(C)S(=O)CC1CCCC1. The van der Waals surface area contributed by atoms with Crippen molar-refractivity contribution >= 4 is 10.8 Å². The zero-order valence-corrected chi connectivity index (χ0v) is 12.5. The van der Waals surface area contributed by atoms with Crippen molar-refractivity contribution in [2.24, 2.45) is 5.92 Å². The molecule has 1 rings (SSSR count). The number of hydrogen-bond acceptors (Lipinski definition) is 2. The van der Waals surface area contributed by atoms with E-state index in [4.69, 9.17) is 0 Å². The molecule has 0 bridgehead atoms. The summed E-state index contributed by atoms with van der Waals surface area (Å²) in [7, 11) is -0.621. The predicted molar refractivity (Wildman–Crippen MR) is 76.8 cm³/mol. The molecule has 102 valence electrons. The van der Waals surface area contributed by atoms with E-state index in [1.807, 2.05) is 0 Å². The summed E-state index contributed by atoms with van der Waals surface area (Å²) in [4.78, 5) is 0. The highest BCUT2D eigenvalue weighted by Crippen LogP contribution is 2.26. The van der Waals surface area contributed by atoms with Crippen LogP contribution in [-0.2, 0) is 10.8 Å². The Labute approximate surface area is 109 Å². The molecular weight excluding hydrogens is 230 g/mol. The lowest BCUT2D eigenvalue weighted by Gasteiger charge is -2.19. The molecule has 0 heterocycles. The molecule has 1 fully saturated rings. The van der Waals surface area contributed by atoms with Crippen molar-refractivity contribution in [1.29, 1.82) is 0 Å². The molecule has 1 N–H and O–H groups in total. The Morgan fingerprint density at radius 1 is 1.29 bits per heavy atom. The predicted octanol–water partition coefficient (Wildman–Crippen LogP) is 3.09. The fraction of sp³-hybridized carbons (Fsp3) is 1.00. The van der Waals surface area contributed by atoms with E-state index in [1.165, 1.54) is 32.1 Å².